The monoisotopic (exact) mass is 448 g/mol. The van der Waals surface area contributed by atoms with E-state index in [1.165, 1.54) is 18.6 Å². The third-order valence-electron chi connectivity index (χ3n) is 3.33. The molecule has 0 aromatic heterocycles. The van der Waals surface area contributed by atoms with Gasteiger partial charge in [0.25, 0.3) is 5.69 Å². The van der Waals surface area contributed by atoms with E-state index in [-0.39, 0.29) is 29.3 Å². The van der Waals surface area contributed by atoms with Crippen molar-refractivity contribution in [1.29, 1.82) is 0 Å². The topological polar surface area (TPSA) is 119 Å². The standard InChI is InChI=1S/C17H16N2O6.C3H8.2C2H6/c1-2-25-16(20)9-11-3-6-13(7-4-11)18-14-8-5-12(17(21)22)10-15(14)19(23)24;1-3-2;2*1-2/h3-8,10,18H,2,9H2,1H3,(H,21,22);3H2,1-2H3;2*1-2H3. The van der Waals surface area contributed by atoms with Gasteiger partial charge in [-0.2, -0.15) is 0 Å². The normalized spacial score (nSPS) is 8.84. The maximum atomic E-state index is 11.4. The van der Waals surface area contributed by atoms with Crippen molar-refractivity contribution in [3.63, 3.8) is 0 Å². The number of nitrogens with zero attached hydrogens (tertiary/aromatic N) is 1. The summed E-state index contributed by atoms with van der Waals surface area (Å²) in [5.41, 5.74) is 0.990. The molecule has 0 aliphatic heterocycles. The average molecular weight is 449 g/mol. The van der Waals surface area contributed by atoms with Crippen molar-refractivity contribution < 1.29 is 24.4 Å². The lowest BCUT2D eigenvalue weighted by Crippen LogP contribution is -2.07. The number of ether oxygens (including phenoxy) is 1. The number of nitro groups is 1. The van der Waals surface area contributed by atoms with E-state index >= 15 is 0 Å². The van der Waals surface area contributed by atoms with E-state index in [0.717, 1.165) is 11.6 Å². The van der Waals surface area contributed by atoms with Crippen LogP contribution in [0.4, 0.5) is 17.1 Å². The Morgan fingerprint density at radius 1 is 1.00 bits per heavy atom. The summed E-state index contributed by atoms with van der Waals surface area (Å²) in [6.07, 6.45) is 1.39. The fourth-order valence-corrected chi connectivity index (χ4v) is 2.16. The zero-order valence-electron chi connectivity index (χ0n) is 20.1. The Labute approximate surface area is 190 Å². The van der Waals surface area contributed by atoms with Crippen molar-refractivity contribution in [1.82, 2.24) is 0 Å². The van der Waals surface area contributed by atoms with E-state index < -0.39 is 10.9 Å². The summed E-state index contributed by atoms with van der Waals surface area (Å²) in [4.78, 5) is 32.9. The smallest absolute Gasteiger partial charge is 0.335 e. The predicted molar refractivity (Wildman–Crippen MR) is 129 cm³/mol. The minimum Gasteiger partial charge on any atom is -0.478 e. The Bertz CT molecular complexity index is 820. The number of carbonyl (C=O) groups is 2. The van der Waals surface area contributed by atoms with E-state index in [1.807, 2.05) is 27.7 Å². The Balaban J connectivity index is 0. The van der Waals surface area contributed by atoms with Crippen molar-refractivity contribution >= 4 is 29.0 Å². The van der Waals surface area contributed by atoms with E-state index in [9.17, 15) is 19.7 Å². The van der Waals surface area contributed by atoms with Crippen LogP contribution in [0.15, 0.2) is 42.5 Å². The Kier molecular flexibility index (Phi) is 17.7. The van der Waals surface area contributed by atoms with Crippen LogP contribution in [0, 0.1) is 10.1 Å². The van der Waals surface area contributed by atoms with Crippen LogP contribution >= 0.6 is 0 Å². The van der Waals surface area contributed by atoms with Crippen molar-refractivity contribution in [2.75, 3.05) is 11.9 Å². The number of carboxylic acids is 1. The quantitative estimate of drug-likeness (QED) is 0.278. The van der Waals surface area contributed by atoms with Gasteiger partial charge in [-0.05, 0) is 36.8 Å². The highest BCUT2D eigenvalue weighted by atomic mass is 16.6. The number of esters is 1. The highest BCUT2D eigenvalue weighted by Crippen LogP contribution is 2.29. The van der Waals surface area contributed by atoms with E-state index in [2.05, 4.69) is 19.2 Å². The van der Waals surface area contributed by atoms with Gasteiger partial charge in [0.05, 0.1) is 23.5 Å². The van der Waals surface area contributed by atoms with E-state index in [4.69, 9.17) is 9.84 Å². The molecule has 0 spiro atoms. The molecule has 0 radical (unpaired) electrons. The summed E-state index contributed by atoms with van der Waals surface area (Å²) >= 11 is 0. The van der Waals surface area contributed by atoms with Gasteiger partial charge in [-0.15, -0.1) is 0 Å². The number of hydrogen-bond donors (Lipinski definition) is 2. The molecule has 0 saturated carbocycles. The molecule has 0 heterocycles. The van der Waals surface area contributed by atoms with Crippen LogP contribution in [0.1, 0.15) is 70.8 Å². The third kappa shape index (κ3) is 11.7. The zero-order valence-corrected chi connectivity index (χ0v) is 20.1. The fraction of sp³-hybridized carbons (Fsp3) is 0.417. The van der Waals surface area contributed by atoms with Crippen LogP contribution in [0.25, 0.3) is 0 Å². The van der Waals surface area contributed by atoms with Crippen LogP contribution in [0.3, 0.4) is 0 Å². The van der Waals surface area contributed by atoms with Crippen molar-refractivity contribution in [3.05, 3.63) is 63.7 Å². The second kappa shape index (κ2) is 18.4. The van der Waals surface area contributed by atoms with Gasteiger partial charge >= 0.3 is 11.9 Å². The molecule has 32 heavy (non-hydrogen) atoms. The number of anilines is 2. The average Bonchev–Trinajstić information content (AvgIpc) is 2.78. The van der Waals surface area contributed by atoms with Crippen LogP contribution in [0.2, 0.25) is 0 Å². The van der Waals surface area contributed by atoms with Crippen LogP contribution in [0.5, 0.6) is 0 Å². The highest BCUT2D eigenvalue weighted by molar-refractivity contribution is 5.90. The first-order valence-corrected chi connectivity index (χ1v) is 10.9. The summed E-state index contributed by atoms with van der Waals surface area (Å²) in [7, 11) is 0. The minimum absolute atomic E-state index is 0.140. The van der Waals surface area contributed by atoms with Gasteiger partial charge in [-0.25, -0.2) is 4.79 Å². The third-order valence-corrected chi connectivity index (χ3v) is 3.33. The lowest BCUT2D eigenvalue weighted by molar-refractivity contribution is -0.383. The minimum atomic E-state index is -1.24. The second-order valence-electron chi connectivity index (χ2n) is 5.81. The highest BCUT2D eigenvalue weighted by Gasteiger charge is 2.17. The molecule has 2 rings (SSSR count). The number of aromatic carboxylic acids is 1. The molecule has 0 amide bonds. The molecule has 0 fully saturated rings. The predicted octanol–water partition coefficient (Wildman–Crippen LogP) is 6.61. The van der Waals surface area contributed by atoms with Gasteiger partial charge < -0.3 is 15.2 Å². The summed E-state index contributed by atoms with van der Waals surface area (Å²) in [6.45, 7) is 14.3. The molecule has 2 aromatic rings. The SMILES string of the molecule is CC.CC.CCC.CCOC(=O)Cc1ccc(Nc2ccc(C(=O)O)cc2[N+](=O)[O-])cc1. The Hall–Kier alpha value is -3.42. The molecular weight excluding hydrogens is 412 g/mol. The second-order valence-corrected chi connectivity index (χ2v) is 5.81. The lowest BCUT2D eigenvalue weighted by atomic mass is 10.1. The molecule has 0 atom stereocenters. The summed E-state index contributed by atoms with van der Waals surface area (Å²) in [6, 6.07) is 10.4. The number of hydrogen-bond acceptors (Lipinski definition) is 6. The zero-order chi connectivity index (χ0) is 25.1. The molecule has 0 aliphatic carbocycles. The largest absolute Gasteiger partial charge is 0.478 e. The van der Waals surface area contributed by atoms with Gasteiger partial charge in [0.1, 0.15) is 5.69 Å². The molecular formula is C24H36N2O6. The number of nitro benzene ring substituents is 1. The summed E-state index contributed by atoms with van der Waals surface area (Å²) in [5.74, 6) is -1.57. The van der Waals surface area contributed by atoms with Crippen molar-refractivity contribution in [2.24, 2.45) is 0 Å². The summed E-state index contributed by atoms with van der Waals surface area (Å²) < 4.78 is 4.87. The lowest BCUT2D eigenvalue weighted by Gasteiger charge is -2.09. The van der Waals surface area contributed by atoms with Gasteiger partial charge in [0, 0.05) is 11.8 Å². The molecule has 0 unspecified atom stereocenters. The molecule has 2 N–H and O–H groups in total. The molecule has 8 heteroatoms. The molecule has 8 nitrogen and oxygen atoms in total. The van der Waals surface area contributed by atoms with Gasteiger partial charge in [0.2, 0.25) is 0 Å². The Morgan fingerprint density at radius 3 is 1.97 bits per heavy atom. The number of carboxylic acid groups (broad SMARTS) is 1. The maximum absolute atomic E-state index is 11.4. The van der Waals surface area contributed by atoms with Gasteiger partial charge in [-0.3, -0.25) is 14.9 Å². The van der Waals surface area contributed by atoms with Gasteiger partial charge in [0.15, 0.2) is 0 Å². The first kappa shape index (κ1) is 30.8. The van der Waals surface area contributed by atoms with Crippen molar-refractivity contribution in [2.45, 2.75) is 61.3 Å². The summed E-state index contributed by atoms with van der Waals surface area (Å²) in [5, 5.41) is 23.0. The van der Waals surface area contributed by atoms with Crippen LogP contribution in [-0.2, 0) is 16.0 Å². The van der Waals surface area contributed by atoms with Crippen molar-refractivity contribution in [3.8, 4) is 0 Å². The molecule has 0 saturated heterocycles. The first-order chi connectivity index (χ1) is 15.3. The van der Waals surface area contributed by atoms with Crippen LogP contribution in [-0.4, -0.2) is 28.6 Å². The fourth-order valence-electron chi connectivity index (χ4n) is 2.16. The number of carbonyl (C=O) groups excluding carboxylic acids is 1. The molecule has 0 bridgehead atoms. The maximum Gasteiger partial charge on any atom is 0.335 e. The van der Waals surface area contributed by atoms with E-state index in [1.54, 1.807) is 31.2 Å². The first-order valence-electron chi connectivity index (χ1n) is 10.9. The molecule has 178 valence electrons. The molecule has 2 aromatic carbocycles. The van der Waals surface area contributed by atoms with E-state index in [0.29, 0.717) is 12.3 Å². The molecule has 0 aliphatic rings. The van der Waals surface area contributed by atoms with Gasteiger partial charge in [-0.1, -0.05) is 60.1 Å². The number of benzene rings is 2. The number of nitrogens with one attached hydrogen (secondary N) is 1. The Morgan fingerprint density at radius 2 is 1.53 bits per heavy atom. The van der Waals surface area contributed by atoms with Crippen LogP contribution < -0.4 is 5.32 Å². The number of rotatable bonds is 7.